The van der Waals surface area contributed by atoms with E-state index in [2.05, 4.69) is 207 Å². The van der Waals surface area contributed by atoms with E-state index in [-0.39, 0.29) is 10.8 Å². The second kappa shape index (κ2) is 12.7. The van der Waals surface area contributed by atoms with Crippen LogP contribution in [0, 0.1) is 0 Å². The quantitative estimate of drug-likeness (QED) is 0.190. The van der Waals surface area contributed by atoms with Gasteiger partial charge in [0.15, 0.2) is 17.5 Å². The third-order valence-electron chi connectivity index (χ3n) is 12.7. The molecule has 0 atom stereocenters. The predicted molar refractivity (Wildman–Crippen MR) is 239 cm³/mol. The highest BCUT2D eigenvalue weighted by molar-refractivity contribution is 6.15. The Kier molecular flexibility index (Phi) is 7.51. The molecule has 4 aliphatic rings. The Hall–Kier alpha value is -7.05. The van der Waals surface area contributed by atoms with Crippen LogP contribution >= 0.6 is 0 Å². The van der Waals surface area contributed by atoms with Crippen LogP contribution < -0.4 is 15.2 Å². The molecule has 0 fully saturated rings. The van der Waals surface area contributed by atoms with E-state index < -0.39 is 0 Å². The molecule has 3 aliphatic carbocycles. The molecule has 6 heteroatoms. The highest BCUT2D eigenvalue weighted by Gasteiger charge is 2.38. The van der Waals surface area contributed by atoms with E-state index >= 15 is 0 Å². The van der Waals surface area contributed by atoms with E-state index in [1.54, 1.807) is 0 Å². The minimum Gasteiger partial charge on any atom is -0.293 e. The minimum absolute atomic E-state index is 0.140. The van der Waals surface area contributed by atoms with E-state index in [4.69, 9.17) is 15.3 Å². The lowest BCUT2D eigenvalue weighted by Crippen LogP contribution is -2.29. The maximum atomic E-state index is 5.15. The molecule has 6 nitrogen and oxygen atoms in total. The molecule has 0 spiro atoms. The van der Waals surface area contributed by atoms with Crippen molar-refractivity contribution >= 4 is 46.3 Å². The average Bonchev–Trinajstić information content (AvgIpc) is 3.41. The van der Waals surface area contributed by atoms with Crippen LogP contribution in [0.25, 0.3) is 28.3 Å². The van der Waals surface area contributed by atoms with E-state index in [0.29, 0.717) is 12.2 Å². The van der Waals surface area contributed by atoms with Gasteiger partial charge in [0.2, 0.25) is 0 Å². The van der Waals surface area contributed by atoms with E-state index in [1.165, 1.54) is 44.5 Å². The van der Waals surface area contributed by atoms with Crippen LogP contribution in [0.15, 0.2) is 168 Å². The molecule has 2 bridgehead atoms. The number of allylic oxidation sites excluding steroid dienone is 2. The highest BCUT2D eigenvalue weighted by Crippen LogP contribution is 2.52. The number of nitrogens with one attached hydrogen (secondary N) is 1. The van der Waals surface area contributed by atoms with Gasteiger partial charge in [0.05, 0.1) is 0 Å². The average molecular weight is 751 g/mol. The summed E-state index contributed by atoms with van der Waals surface area (Å²) in [6.07, 6.45) is 7.15. The molecule has 2 heterocycles. The van der Waals surface area contributed by atoms with E-state index in [1.807, 2.05) is 0 Å². The van der Waals surface area contributed by atoms with Gasteiger partial charge in [-0.15, -0.1) is 10.2 Å². The SMILES string of the molecule is CC1(C)c2ccccc2-c2ccc(N(C3=NNc4nnc(N(c5ccccc5)c5ccc6c(c5)C(C)(C)c5ccccc5-6)c5c4CC3=CC=C5)c3ccccc3)cc21. The van der Waals surface area contributed by atoms with Gasteiger partial charge >= 0.3 is 0 Å². The van der Waals surface area contributed by atoms with Crippen LogP contribution in [0.3, 0.4) is 0 Å². The van der Waals surface area contributed by atoms with Crippen LogP contribution in [-0.4, -0.2) is 16.0 Å². The number of hydrogen-bond donors (Lipinski definition) is 1. The summed E-state index contributed by atoms with van der Waals surface area (Å²) in [5.74, 6) is 2.25. The molecule has 0 unspecified atom stereocenters. The first-order chi connectivity index (χ1) is 28.3. The molecule has 1 aliphatic heterocycles. The van der Waals surface area contributed by atoms with Gasteiger partial charge in [-0.1, -0.05) is 143 Å². The number of rotatable bonds is 5. The fourth-order valence-corrected chi connectivity index (χ4v) is 9.72. The normalized spacial score (nSPS) is 15.7. The fourth-order valence-electron chi connectivity index (χ4n) is 9.72. The molecule has 0 saturated carbocycles. The maximum Gasteiger partial charge on any atom is 0.173 e. The zero-order valence-corrected chi connectivity index (χ0v) is 33.0. The molecule has 11 rings (SSSR count). The van der Waals surface area contributed by atoms with Crippen molar-refractivity contribution in [2.75, 3.05) is 15.2 Å². The Bertz CT molecular complexity index is 2900. The number of fused-ring (bicyclic) bond motifs is 7. The zero-order chi connectivity index (χ0) is 39.2. The molecule has 0 radical (unpaired) electrons. The van der Waals surface area contributed by atoms with Gasteiger partial charge in [0.25, 0.3) is 0 Å². The van der Waals surface area contributed by atoms with Crippen molar-refractivity contribution in [2.45, 2.75) is 44.9 Å². The van der Waals surface area contributed by atoms with Crippen LogP contribution in [0.4, 0.5) is 34.4 Å². The van der Waals surface area contributed by atoms with Crippen molar-refractivity contribution in [1.29, 1.82) is 0 Å². The first-order valence-electron chi connectivity index (χ1n) is 20.1. The second-order valence-electron chi connectivity index (χ2n) is 16.7. The minimum atomic E-state index is -0.144. The van der Waals surface area contributed by atoms with Crippen molar-refractivity contribution in [2.24, 2.45) is 5.10 Å². The standard InChI is InChI=1S/C52H42N6/c1-51(2)44-24-13-11-21-38(44)40-28-26-36(31-46(40)51)57(34-17-7-5-8-18-34)49-33-16-15-23-42-43(30-33)48(53-55-49)54-56-50(42)58(35-19-9-6-10-20-35)37-27-29-41-39-22-12-14-25-45(39)52(3,4)47(41)32-37/h5-29,31-32H,30H2,1-4H3,(H,53,54). The van der Waals surface area contributed by atoms with Crippen LogP contribution in [0.2, 0.25) is 0 Å². The fraction of sp³-hybridized carbons (Fsp3) is 0.135. The van der Waals surface area contributed by atoms with Gasteiger partial charge in [-0.2, -0.15) is 5.10 Å². The van der Waals surface area contributed by atoms with Gasteiger partial charge in [-0.05, 0) is 93.0 Å². The molecule has 0 amide bonds. The summed E-state index contributed by atoms with van der Waals surface area (Å²) in [4.78, 5) is 4.53. The lowest BCUT2D eigenvalue weighted by molar-refractivity contribution is 0.660. The van der Waals surface area contributed by atoms with Gasteiger partial charge < -0.3 is 0 Å². The van der Waals surface area contributed by atoms with Crippen LogP contribution in [-0.2, 0) is 17.3 Å². The number of nitrogens with zero attached hydrogens (tertiary/aromatic N) is 5. The topological polar surface area (TPSA) is 56.6 Å². The molecule has 280 valence electrons. The predicted octanol–water partition coefficient (Wildman–Crippen LogP) is 12.6. The lowest BCUT2D eigenvalue weighted by atomic mass is 9.82. The molecular formula is C52H42N6. The van der Waals surface area contributed by atoms with Crippen molar-refractivity contribution < 1.29 is 0 Å². The lowest BCUT2D eigenvalue weighted by Gasteiger charge is -2.29. The number of amidine groups is 1. The molecular weight excluding hydrogens is 709 g/mol. The Balaban J connectivity index is 1.02. The first kappa shape index (κ1) is 34.2. The molecule has 58 heavy (non-hydrogen) atoms. The van der Waals surface area contributed by atoms with Gasteiger partial charge in [0, 0.05) is 56.7 Å². The summed E-state index contributed by atoms with van der Waals surface area (Å²) in [6, 6.07) is 52.3. The summed E-state index contributed by atoms with van der Waals surface area (Å²) in [5, 5.41) is 15.1. The summed E-state index contributed by atoms with van der Waals surface area (Å²) in [7, 11) is 0. The molecule has 1 N–H and O–H groups in total. The van der Waals surface area contributed by atoms with Crippen molar-refractivity contribution in [1.82, 2.24) is 10.2 Å². The second-order valence-corrected chi connectivity index (χ2v) is 16.7. The number of aromatic nitrogens is 2. The zero-order valence-electron chi connectivity index (χ0n) is 33.0. The summed E-state index contributed by atoms with van der Waals surface area (Å²) >= 11 is 0. The van der Waals surface area contributed by atoms with Crippen molar-refractivity contribution in [3.8, 4) is 22.3 Å². The number of benzene rings is 6. The Labute approximate surface area is 339 Å². The largest absolute Gasteiger partial charge is 0.293 e. The van der Waals surface area contributed by atoms with E-state index in [0.717, 1.165) is 51.1 Å². The smallest absolute Gasteiger partial charge is 0.173 e. The van der Waals surface area contributed by atoms with Crippen LogP contribution in [0.5, 0.6) is 0 Å². The summed E-state index contributed by atoms with van der Waals surface area (Å²) in [5.41, 5.74) is 20.9. The number of para-hydroxylation sites is 2. The monoisotopic (exact) mass is 750 g/mol. The molecule has 0 saturated heterocycles. The number of hydrazone groups is 1. The van der Waals surface area contributed by atoms with Gasteiger partial charge in [-0.25, -0.2) is 0 Å². The van der Waals surface area contributed by atoms with Crippen LogP contribution in [0.1, 0.15) is 61.1 Å². The Morgan fingerprint density at radius 1 is 0.517 bits per heavy atom. The molecule has 7 aromatic rings. The van der Waals surface area contributed by atoms with Crippen molar-refractivity contribution in [3.63, 3.8) is 0 Å². The third kappa shape index (κ3) is 5.07. The van der Waals surface area contributed by atoms with Crippen molar-refractivity contribution in [3.05, 3.63) is 197 Å². The summed E-state index contributed by atoms with van der Waals surface area (Å²) < 4.78 is 0. The maximum absolute atomic E-state index is 5.15. The summed E-state index contributed by atoms with van der Waals surface area (Å²) in [6.45, 7) is 9.30. The van der Waals surface area contributed by atoms with E-state index in [9.17, 15) is 0 Å². The number of hydrogen-bond acceptors (Lipinski definition) is 6. The molecule has 6 aromatic carbocycles. The number of anilines is 6. The Morgan fingerprint density at radius 3 is 1.64 bits per heavy atom. The third-order valence-corrected chi connectivity index (χ3v) is 12.7. The van der Waals surface area contributed by atoms with Gasteiger partial charge in [0.1, 0.15) is 0 Å². The molecule has 1 aromatic heterocycles. The highest BCUT2D eigenvalue weighted by atomic mass is 15.4. The van der Waals surface area contributed by atoms with Gasteiger partial charge in [-0.3, -0.25) is 15.2 Å². The Morgan fingerprint density at radius 2 is 1.03 bits per heavy atom. The first-order valence-corrected chi connectivity index (χ1v) is 20.1.